The summed E-state index contributed by atoms with van der Waals surface area (Å²) in [5, 5.41) is 2.73. The second kappa shape index (κ2) is 8.70. The number of fused-ring (bicyclic) bond motifs is 1. The van der Waals surface area contributed by atoms with E-state index in [4.69, 9.17) is 4.74 Å². The van der Waals surface area contributed by atoms with Gasteiger partial charge in [0.15, 0.2) is 11.2 Å². The van der Waals surface area contributed by atoms with Gasteiger partial charge in [-0.3, -0.25) is 19.1 Å². The number of hydrogen-bond donors (Lipinski definition) is 2. The summed E-state index contributed by atoms with van der Waals surface area (Å²) in [4.78, 5) is 42.7. The molecule has 0 aliphatic heterocycles. The summed E-state index contributed by atoms with van der Waals surface area (Å²) < 4.78 is 8.18. The van der Waals surface area contributed by atoms with Crippen molar-refractivity contribution < 1.29 is 9.53 Å². The molecule has 9 heteroatoms. The van der Waals surface area contributed by atoms with Gasteiger partial charge in [0.1, 0.15) is 0 Å². The molecule has 3 aromatic rings. The monoisotopic (exact) mass is 397 g/mol. The minimum absolute atomic E-state index is 0.151. The van der Waals surface area contributed by atoms with Gasteiger partial charge in [0.05, 0.1) is 25.5 Å². The molecule has 0 saturated heterocycles. The number of ether oxygens (including phenoxy) is 1. The number of nitrogens with one attached hydrogen (secondary N) is 2. The van der Waals surface area contributed by atoms with Crippen LogP contribution in [0.2, 0.25) is 0 Å². The van der Waals surface area contributed by atoms with Crippen LogP contribution in [0.3, 0.4) is 0 Å². The molecule has 9 nitrogen and oxygen atoms in total. The molecule has 0 aliphatic carbocycles. The Morgan fingerprint density at radius 1 is 1.34 bits per heavy atom. The van der Waals surface area contributed by atoms with Crippen LogP contribution in [0.4, 0.5) is 5.69 Å². The average Bonchev–Trinajstić information content (AvgIpc) is 3.11. The summed E-state index contributed by atoms with van der Waals surface area (Å²) in [6.45, 7) is 5.85. The fourth-order valence-corrected chi connectivity index (χ4v) is 3.27. The van der Waals surface area contributed by atoms with Crippen LogP contribution < -0.4 is 16.6 Å². The first-order valence-electron chi connectivity index (χ1n) is 9.13. The van der Waals surface area contributed by atoms with Crippen molar-refractivity contribution in [3.63, 3.8) is 0 Å². The van der Waals surface area contributed by atoms with E-state index in [0.29, 0.717) is 29.9 Å². The van der Waals surface area contributed by atoms with Crippen molar-refractivity contribution in [3.05, 3.63) is 69.6 Å². The molecule has 1 amide bonds. The van der Waals surface area contributed by atoms with Crippen LogP contribution in [0.5, 0.6) is 0 Å². The molecule has 1 atom stereocenters. The summed E-state index contributed by atoms with van der Waals surface area (Å²) in [6.07, 6.45) is 3.85. The van der Waals surface area contributed by atoms with E-state index in [9.17, 15) is 14.4 Å². The third kappa shape index (κ3) is 4.19. The summed E-state index contributed by atoms with van der Waals surface area (Å²) in [5.74, 6) is -0.151. The van der Waals surface area contributed by atoms with Crippen molar-refractivity contribution in [3.8, 4) is 0 Å². The van der Waals surface area contributed by atoms with Crippen molar-refractivity contribution in [2.24, 2.45) is 0 Å². The van der Waals surface area contributed by atoms with Crippen molar-refractivity contribution in [2.75, 3.05) is 19.0 Å². The van der Waals surface area contributed by atoms with Gasteiger partial charge in [0.25, 0.3) is 5.56 Å². The SMILES string of the molecule is C=CCC(c1ccc(NC(C)=O)cc1)n1cnc2c1c(=O)[nH]c(=O)n2CCOC. The third-order valence-electron chi connectivity index (χ3n) is 4.57. The van der Waals surface area contributed by atoms with Gasteiger partial charge < -0.3 is 14.6 Å². The minimum Gasteiger partial charge on any atom is -0.383 e. The summed E-state index contributed by atoms with van der Waals surface area (Å²) in [5.41, 5.74) is 1.18. The number of anilines is 1. The van der Waals surface area contributed by atoms with Gasteiger partial charge in [-0.2, -0.15) is 0 Å². The number of methoxy groups -OCH3 is 1. The smallest absolute Gasteiger partial charge is 0.330 e. The van der Waals surface area contributed by atoms with E-state index in [1.165, 1.54) is 18.6 Å². The lowest BCUT2D eigenvalue weighted by Crippen LogP contribution is -2.32. The maximum atomic E-state index is 12.6. The van der Waals surface area contributed by atoms with Gasteiger partial charge in [-0.15, -0.1) is 6.58 Å². The van der Waals surface area contributed by atoms with E-state index in [0.717, 1.165) is 5.56 Å². The molecular weight excluding hydrogens is 374 g/mol. The second-order valence-electron chi connectivity index (χ2n) is 6.57. The lowest BCUT2D eigenvalue weighted by molar-refractivity contribution is -0.114. The van der Waals surface area contributed by atoms with Gasteiger partial charge in [0, 0.05) is 19.7 Å². The maximum absolute atomic E-state index is 12.6. The second-order valence-corrected chi connectivity index (χ2v) is 6.57. The Balaban J connectivity index is 2.10. The predicted octanol–water partition coefficient (Wildman–Crippen LogP) is 1.66. The molecule has 0 fully saturated rings. The van der Waals surface area contributed by atoms with Gasteiger partial charge in [-0.05, 0) is 24.1 Å². The number of aromatic nitrogens is 4. The Labute approximate surface area is 166 Å². The van der Waals surface area contributed by atoms with E-state index in [1.807, 2.05) is 12.1 Å². The largest absolute Gasteiger partial charge is 0.383 e. The van der Waals surface area contributed by atoms with Gasteiger partial charge in [-0.25, -0.2) is 9.78 Å². The van der Waals surface area contributed by atoms with Gasteiger partial charge in [0.2, 0.25) is 5.91 Å². The van der Waals surface area contributed by atoms with Gasteiger partial charge >= 0.3 is 5.69 Å². The number of benzene rings is 1. The number of rotatable bonds is 8. The lowest BCUT2D eigenvalue weighted by Gasteiger charge is -2.19. The molecule has 0 bridgehead atoms. The molecule has 0 radical (unpaired) electrons. The molecule has 2 aromatic heterocycles. The normalized spacial score (nSPS) is 12.1. The van der Waals surface area contributed by atoms with Crippen LogP contribution in [-0.2, 0) is 16.1 Å². The topological polar surface area (TPSA) is 111 Å². The van der Waals surface area contributed by atoms with Crippen molar-refractivity contribution in [1.82, 2.24) is 19.1 Å². The summed E-state index contributed by atoms with van der Waals surface area (Å²) in [6, 6.07) is 7.09. The molecule has 0 spiro atoms. The molecule has 1 unspecified atom stereocenters. The molecule has 3 rings (SSSR count). The van der Waals surface area contributed by atoms with E-state index in [1.54, 1.807) is 29.1 Å². The molecule has 29 heavy (non-hydrogen) atoms. The lowest BCUT2D eigenvalue weighted by atomic mass is 10.0. The number of imidazole rings is 1. The van der Waals surface area contributed by atoms with E-state index < -0.39 is 11.2 Å². The minimum atomic E-state index is -0.523. The van der Waals surface area contributed by atoms with Crippen LogP contribution in [-0.4, -0.2) is 38.7 Å². The quantitative estimate of drug-likeness (QED) is 0.562. The highest BCUT2D eigenvalue weighted by molar-refractivity contribution is 5.88. The van der Waals surface area contributed by atoms with Gasteiger partial charge in [-0.1, -0.05) is 18.2 Å². The average molecular weight is 397 g/mol. The number of H-pyrrole nitrogens is 1. The zero-order valence-electron chi connectivity index (χ0n) is 16.3. The number of nitrogens with zero attached hydrogens (tertiary/aromatic N) is 3. The van der Waals surface area contributed by atoms with Crippen molar-refractivity contribution in [1.29, 1.82) is 0 Å². The third-order valence-corrected chi connectivity index (χ3v) is 4.57. The Morgan fingerprint density at radius 2 is 2.07 bits per heavy atom. The van der Waals surface area contributed by atoms with E-state index in [2.05, 4.69) is 21.9 Å². The highest BCUT2D eigenvalue weighted by Crippen LogP contribution is 2.26. The standard InChI is InChI=1S/C20H23N5O4/c1-4-5-16(14-6-8-15(9-7-14)22-13(2)26)25-12-21-18-17(25)19(27)23-20(28)24(18)10-11-29-3/h4,6-9,12,16H,1,5,10-11H2,2-3H3,(H,22,26)(H,23,27,28). The first kappa shape index (κ1) is 20.3. The number of hydrogen-bond acceptors (Lipinski definition) is 5. The predicted molar refractivity (Wildman–Crippen MR) is 110 cm³/mol. The number of carbonyl (C=O) groups excluding carboxylic acids is 1. The van der Waals surface area contributed by atoms with Crippen LogP contribution in [0.1, 0.15) is 24.9 Å². The number of carbonyl (C=O) groups is 1. The van der Waals surface area contributed by atoms with E-state index >= 15 is 0 Å². The van der Waals surface area contributed by atoms with Crippen molar-refractivity contribution in [2.45, 2.75) is 25.9 Å². The molecule has 152 valence electrons. The highest BCUT2D eigenvalue weighted by Gasteiger charge is 2.20. The number of allylic oxidation sites excluding steroid dienone is 1. The summed E-state index contributed by atoms with van der Waals surface area (Å²) in [7, 11) is 1.54. The van der Waals surface area contributed by atoms with Crippen LogP contribution in [0.25, 0.3) is 11.2 Å². The van der Waals surface area contributed by atoms with Crippen LogP contribution in [0.15, 0.2) is 52.8 Å². The molecule has 2 heterocycles. The van der Waals surface area contributed by atoms with Crippen LogP contribution >= 0.6 is 0 Å². The Kier molecular flexibility index (Phi) is 6.08. The zero-order chi connectivity index (χ0) is 21.0. The molecule has 2 N–H and O–H groups in total. The number of aromatic amines is 1. The first-order valence-corrected chi connectivity index (χ1v) is 9.13. The first-order chi connectivity index (χ1) is 14.0. The molecular formula is C20H23N5O4. The molecule has 0 aliphatic rings. The fraction of sp³-hybridized carbons (Fsp3) is 0.300. The van der Waals surface area contributed by atoms with Crippen molar-refractivity contribution >= 4 is 22.8 Å². The molecule has 1 aromatic carbocycles. The Bertz CT molecular complexity index is 1140. The fourth-order valence-electron chi connectivity index (χ4n) is 3.27. The maximum Gasteiger partial charge on any atom is 0.330 e. The number of amides is 1. The summed E-state index contributed by atoms with van der Waals surface area (Å²) >= 11 is 0. The van der Waals surface area contributed by atoms with E-state index in [-0.39, 0.29) is 18.5 Å². The zero-order valence-corrected chi connectivity index (χ0v) is 16.3. The molecule has 0 saturated carbocycles. The van der Waals surface area contributed by atoms with Crippen LogP contribution in [0, 0.1) is 0 Å². The Hall–Kier alpha value is -3.46. The Morgan fingerprint density at radius 3 is 2.69 bits per heavy atom. The highest BCUT2D eigenvalue weighted by atomic mass is 16.5.